The first kappa shape index (κ1) is 15.9. The molecule has 2 aliphatic rings. The van der Waals surface area contributed by atoms with Crippen molar-refractivity contribution >= 4 is 29.1 Å². The second kappa shape index (κ2) is 6.28. The number of benzene rings is 1. The Kier molecular flexibility index (Phi) is 4.35. The first-order valence-electron chi connectivity index (χ1n) is 7.56. The van der Waals surface area contributed by atoms with Gasteiger partial charge in [0.15, 0.2) is 0 Å². The maximum absolute atomic E-state index is 12.3. The standard InChI is InChI=1S/C16H19ClN2O4/c1-22-13-7-12(14(23-2)6-11(13)17)19-16(21)10-5-9(10)15(20)18-8-3-4-8/h6-10H,3-5H2,1-2H3,(H,18,20)(H,19,21). The van der Waals surface area contributed by atoms with Gasteiger partial charge >= 0.3 is 0 Å². The summed E-state index contributed by atoms with van der Waals surface area (Å²) in [6.07, 6.45) is 2.66. The van der Waals surface area contributed by atoms with Crippen molar-refractivity contribution in [3.63, 3.8) is 0 Å². The molecule has 2 amide bonds. The molecule has 2 aliphatic carbocycles. The van der Waals surface area contributed by atoms with E-state index in [1.807, 2.05) is 0 Å². The zero-order valence-electron chi connectivity index (χ0n) is 13.0. The molecule has 0 saturated heterocycles. The number of rotatable bonds is 6. The van der Waals surface area contributed by atoms with E-state index in [0.717, 1.165) is 12.8 Å². The minimum absolute atomic E-state index is 0.0201. The molecule has 0 bridgehead atoms. The number of anilines is 1. The van der Waals surface area contributed by atoms with E-state index in [4.69, 9.17) is 21.1 Å². The summed E-state index contributed by atoms with van der Waals surface area (Å²) in [6.45, 7) is 0. The monoisotopic (exact) mass is 338 g/mol. The number of carbonyl (C=O) groups is 2. The molecule has 2 N–H and O–H groups in total. The van der Waals surface area contributed by atoms with E-state index in [1.165, 1.54) is 14.2 Å². The number of ether oxygens (including phenoxy) is 2. The van der Waals surface area contributed by atoms with E-state index in [1.54, 1.807) is 12.1 Å². The van der Waals surface area contributed by atoms with Crippen LogP contribution in [-0.4, -0.2) is 32.1 Å². The molecular weight excluding hydrogens is 320 g/mol. The highest BCUT2D eigenvalue weighted by molar-refractivity contribution is 6.32. The molecule has 0 heterocycles. The Morgan fingerprint density at radius 2 is 1.74 bits per heavy atom. The number of methoxy groups -OCH3 is 2. The molecule has 124 valence electrons. The predicted molar refractivity (Wildman–Crippen MR) is 85.9 cm³/mol. The van der Waals surface area contributed by atoms with Gasteiger partial charge < -0.3 is 20.1 Å². The Morgan fingerprint density at radius 3 is 2.35 bits per heavy atom. The van der Waals surface area contributed by atoms with Crippen molar-refractivity contribution < 1.29 is 19.1 Å². The van der Waals surface area contributed by atoms with Crippen LogP contribution in [0.5, 0.6) is 11.5 Å². The van der Waals surface area contributed by atoms with Gasteiger partial charge in [0.05, 0.1) is 36.8 Å². The highest BCUT2D eigenvalue weighted by atomic mass is 35.5. The van der Waals surface area contributed by atoms with E-state index in [2.05, 4.69) is 10.6 Å². The molecule has 2 unspecified atom stereocenters. The topological polar surface area (TPSA) is 76.7 Å². The van der Waals surface area contributed by atoms with Crippen molar-refractivity contribution in [3.05, 3.63) is 17.2 Å². The number of hydrogen-bond donors (Lipinski definition) is 2. The van der Waals surface area contributed by atoms with Gasteiger partial charge in [-0.25, -0.2) is 0 Å². The van der Waals surface area contributed by atoms with Crippen LogP contribution in [0.15, 0.2) is 12.1 Å². The third-order valence-corrected chi connectivity index (χ3v) is 4.41. The van der Waals surface area contributed by atoms with Gasteiger partial charge in [-0.1, -0.05) is 11.6 Å². The first-order chi connectivity index (χ1) is 11.0. The van der Waals surface area contributed by atoms with Crippen LogP contribution in [-0.2, 0) is 9.59 Å². The zero-order chi connectivity index (χ0) is 16.6. The van der Waals surface area contributed by atoms with Crippen molar-refractivity contribution in [1.29, 1.82) is 0 Å². The van der Waals surface area contributed by atoms with E-state index < -0.39 is 0 Å². The molecule has 0 radical (unpaired) electrons. The quantitative estimate of drug-likeness (QED) is 0.833. The Labute approximate surface area is 139 Å². The van der Waals surface area contributed by atoms with Gasteiger partial charge in [0.2, 0.25) is 11.8 Å². The molecule has 3 rings (SSSR count). The third-order valence-electron chi connectivity index (χ3n) is 4.12. The summed E-state index contributed by atoms with van der Waals surface area (Å²) in [5, 5.41) is 6.13. The number of amides is 2. The number of halogens is 1. The summed E-state index contributed by atoms with van der Waals surface area (Å²) < 4.78 is 10.4. The van der Waals surface area contributed by atoms with Gasteiger partial charge in [-0.05, 0) is 19.3 Å². The van der Waals surface area contributed by atoms with Crippen LogP contribution >= 0.6 is 11.6 Å². The summed E-state index contributed by atoms with van der Waals surface area (Å²) in [5.74, 6) is 0.165. The van der Waals surface area contributed by atoms with Crippen LogP contribution in [0.1, 0.15) is 19.3 Å². The maximum atomic E-state index is 12.3. The Morgan fingerprint density at radius 1 is 1.09 bits per heavy atom. The van der Waals surface area contributed by atoms with Gasteiger partial charge in [0.1, 0.15) is 11.5 Å². The molecule has 1 aromatic rings. The second-order valence-corrected chi connectivity index (χ2v) is 6.32. The fourth-order valence-electron chi connectivity index (χ4n) is 2.49. The number of carbonyl (C=O) groups excluding carboxylic acids is 2. The Hall–Kier alpha value is -1.95. The highest BCUT2D eigenvalue weighted by Gasteiger charge is 2.49. The second-order valence-electron chi connectivity index (χ2n) is 5.91. The van der Waals surface area contributed by atoms with E-state index in [0.29, 0.717) is 34.7 Å². The molecule has 23 heavy (non-hydrogen) atoms. The van der Waals surface area contributed by atoms with Crippen LogP contribution in [0.4, 0.5) is 5.69 Å². The lowest BCUT2D eigenvalue weighted by Gasteiger charge is -2.13. The van der Waals surface area contributed by atoms with Crippen LogP contribution < -0.4 is 20.1 Å². The van der Waals surface area contributed by atoms with Crippen LogP contribution in [0.2, 0.25) is 5.02 Å². The van der Waals surface area contributed by atoms with Crippen LogP contribution in [0, 0.1) is 11.8 Å². The zero-order valence-corrected chi connectivity index (χ0v) is 13.8. The maximum Gasteiger partial charge on any atom is 0.228 e. The highest BCUT2D eigenvalue weighted by Crippen LogP contribution is 2.42. The van der Waals surface area contributed by atoms with Crippen molar-refractivity contribution in [3.8, 4) is 11.5 Å². The number of nitrogens with one attached hydrogen (secondary N) is 2. The molecule has 2 fully saturated rings. The Balaban J connectivity index is 1.65. The molecule has 0 aliphatic heterocycles. The lowest BCUT2D eigenvalue weighted by Crippen LogP contribution is -2.29. The van der Waals surface area contributed by atoms with Gasteiger partial charge in [0, 0.05) is 18.2 Å². The molecule has 2 saturated carbocycles. The van der Waals surface area contributed by atoms with E-state index >= 15 is 0 Å². The summed E-state index contributed by atoms with van der Waals surface area (Å²) in [4.78, 5) is 24.3. The molecule has 1 aromatic carbocycles. The molecule has 0 aromatic heterocycles. The van der Waals surface area contributed by atoms with Gasteiger partial charge in [-0.2, -0.15) is 0 Å². The van der Waals surface area contributed by atoms with Gasteiger partial charge in [0.25, 0.3) is 0 Å². The average Bonchev–Trinajstić information content (AvgIpc) is 3.41. The molecular formula is C16H19ClN2O4. The first-order valence-corrected chi connectivity index (χ1v) is 7.94. The minimum atomic E-state index is -0.292. The average molecular weight is 339 g/mol. The fourth-order valence-corrected chi connectivity index (χ4v) is 2.72. The van der Waals surface area contributed by atoms with Crippen molar-refractivity contribution in [2.24, 2.45) is 11.8 Å². The summed E-state index contributed by atoms with van der Waals surface area (Å²) in [5.41, 5.74) is 0.479. The smallest absolute Gasteiger partial charge is 0.228 e. The van der Waals surface area contributed by atoms with Gasteiger partial charge in [-0.3, -0.25) is 9.59 Å². The van der Waals surface area contributed by atoms with E-state index in [-0.39, 0.29) is 23.7 Å². The molecule has 7 heteroatoms. The SMILES string of the molecule is COc1cc(NC(=O)C2CC2C(=O)NC2CC2)c(OC)cc1Cl. The lowest BCUT2D eigenvalue weighted by atomic mass is 10.2. The lowest BCUT2D eigenvalue weighted by molar-refractivity contribution is -0.125. The fraction of sp³-hybridized carbons (Fsp3) is 0.500. The normalized spacial score (nSPS) is 22.2. The molecule has 2 atom stereocenters. The van der Waals surface area contributed by atoms with E-state index in [9.17, 15) is 9.59 Å². The van der Waals surface area contributed by atoms with Crippen molar-refractivity contribution in [2.45, 2.75) is 25.3 Å². The minimum Gasteiger partial charge on any atom is -0.495 e. The summed E-state index contributed by atoms with van der Waals surface area (Å²) in [6, 6.07) is 3.51. The van der Waals surface area contributed by atoms with Crippen LogP contribution in [0.25, 0.3) is 0 Å². The molecule has 0 spiro atoms. The Bertz CT molecular complexity index is 645. The van der Waals surface area contributed by atoms with Crippen molar-refractivity contribution in [2.75, 3.05) is 19.5 Å². The molecule has 6 nitrogen and oxygen atoms in total. The van der Waals surface area contributed by atoms with Crippen molar-refractivity contribution in [1.82, 2.24) is 5.32 Å². The van der Waals surface area contributed by atoms with Crippen LogP contribution in [0.3, 0.4) is 0 Å². The predicted octanol–water partition coefficient (Wildman–Crippen LogP) is 2.21. The van der Waals surface area contributed by atoms with Gasteiger partial charge in [-0.15, -0.1) is 0 Å². The summed E-state index contributed by atoms with van der Waals surface area (Å²) in [7, 11) is 3.00. The largest absolute Gasteiger partial charge is 0.495 e. The third kappa shape index (κ3) is 3.52. The summed E-state index contributed by atoms with van der Waals surface area (Å²) >= 11 is 6.04. The number of hydrogen-bond acceptors (Lipinski definition) is 4.